The van der Waals surface area contributed by atoms with Crippen molar-refractivity contribution in [2.45, 2.75) is 25.9 Å². The van der Waals surface area contributed by atoms with Gasteiger partial charge in [0, 0.05) is 31.7 Å². The number of aliphatic hydroxyl groups is 1. The summed E-state index contributed by atoms with van der Waals surface area (Å²) in [5.74, 6) is -0.299. The molecule has 5 nitrogen and oxygen atoms in total. The predicted octanol–water partition coefficient (Wildman–Crippen LogP) is 1.36. The third-order valence-electron chi connectivity index (χ3n) is 4.14. The number of hydrogen-bond donors (Lipinski definition) is 1. The average Bonchev–Trinajstić information content (AvgIpc) is 2.50. The standard InChI is InChI=1S/C16H23FN2O3/c1-11-9-18(10-12(2)19(11)6-7-20)16(21)14-8-13(17)4-5-15(14)22-3/h4-5,8,11-12,20H,6-7,9-10H2,1-3H3/t11-,12+. The molecule has 2 atom stereocenters. The Morgan fingerprint density at radius 3 is 2.55 bits per heavy atom. The molecule has 0 radical (unpaired) electrons. The normalized spacial score (nSPS) is 22.7. The maximum absolute atomic E-state index is 13.5. The van der Waals surface area contributed by atoms with Crippen LogP contribution < -0.4 is 4.74 Å². The van der Waals surface area contributed by atoms with E-state index in [0.717, 1.165) is 0 Å². The molecule has 1 amide bonds. The van der Waals surface area contributed by atoms with Gasteiger partial charge in [-0.3, -0.25) is 9.69 Å². The molecule has 1 saturated heterocycles. The number of carbonyl (C=O) groups excluding carboxylic acids is 1. The molecule has 1 heterocycles. The van der Waals surface area contributed by atoms with E-state index in [0.29, 0.717) is 25.4 Å². The van der Waals surface area contributed by atoms with Gasteiger partial charge in [0.2, 0.25) is 0 Å². The fourth-order valence-electron chi connectivity index (χ4n) is 3.10. The molecule has 1 aliphatic rings. The van der Waals surface area contributed by atoms with Crippen molar-refractivity contribution in [3.05, 3.63) is 29.6 Å². The van der Waals surface area contributed by atoms with Crippen LogP contribution in [0.5, 0.6) is 5.75 Å². The van der Waals surface area contributed by atoms with Crippen LogP contribution in [0.4, 0.5) is 4.39 Å². The first kappa shape index (κ1) is 16.7. The summed E-state index contributed by atoms with van der Waals surface area (Å²) in [6, 6.07) is 4.24. The lowest BCUT2D eigenvalue weighted by atomic mass is 10.1. The summed E-state index contributed by atoms with van der Waals surface area (Å²) in [6.07, 6.45) is 0. The number of aliphatic hydroxyl groups excluding tert-OH is 1. The van der Waals surface area contributed by atoms with E-state index >= 15 is 0 Å². The Bertz CT molecular complexity index is 526. The van der Waals surface area contributed by atoms with E-state index in [2.05, 4.69) is 4.90 Å². The Morgan fingerprint density at radius 1 is 1.36 bits per heavy atom. The van der Waals surface area contributed by atoms with Crippen molar-refractivity contribution in [2.75, 3.05) is 33.4 Å². The van der Waals surface area contributed by atoms with Crippen molar-refractivity contribution in [3.8, 4) is 5.75 Å². The summed E-state index contributed by atoms with van der Waals surface area (Å²) in [5.41, 5.74) is 0.248. The molecule has 1 aromatic carbocycles. The highest BCUT2D eigenvalue weighted by Crippen LogP contribution is 2.24. The Hall–Kier alpha value is -1.66. The molecule has 1 N–H and O–H groups in total. The Labute approximate surface area is 130 Å². The minimum atomic E-state index is -0.454. The van der Waals surface area contributed by atoms with Crippen molar-refractivity contribution in [1.82, 2.24) is 9.80 Å². The smallest absolute Gasteiger partial charge is 0.257 e. The number of nitrogens with zero attached hydrogens (tertiary/aromatic N) is 2. The fraction of sp³-hybridized carbons (Fsp3) is 0.562. The van der Waals surface area contributed by atoms with Gasteiger partial charge in [-0.05, 0) is 32.0 Å². The van der Waals surface area contributed by atoms with Crippen LogP contribution in [0.25, 0.3) is 0 Å². The number of β-amino-alcohol motifs (C(OH)–C–C–N with tert-alkyl or cyclic N) is 1. The monoisotopic (exact) mass is 310 g/mol. The highest BCUT2D eigenvalue weighted by atomic mass is 19.1. The van der Waals surface area contributed by atoms with E-state index in [1.165, 1.54) is 25.3 Å². The topological polar surface area (TPSA) is 53.0 Å². The Balaban J connectivity index is 2.19. The third kappa shape index (κ3) is 3.39. The number of ether oxygens (including phenoxy) is 1. The summed E-state index contributed by atoms with van der Waals surface area (Å²) in [5, 5.41) is 9.13. The number of methoxy groups -OCH3 is 1. The molecule has 0 unspecified atom stereocenters. The van der Waals surface area contributed by atoms with E-state index in [1.807, 2.05) is 13.8 Å². The number of halogens is 1. The van der Waals surface area contributed by atoms with E-state index in [9.17, 15) is 9.18 Å². The fourth-order valence-corrected chi connectivity index (χ4v) is 3.10. The quantitative estimate of drug-likeness (QED) is 0.912. The number of amides is 1. The zero-order valence-electron chi connectivity index (χ0n) is 13.3. The van der Waals surface area contributed by atoms with Crippen LogP contribution in [-0.2, 0) is 0 Å². The maximum Gasteiger partial charge on any atom is 0.257 e. The zero-order valence-corrected chi connectivity index (χ0v) is 13.3. The first-order valence-electron chi connectivity index (χ1n) is 7.47. The molecule has 22 heavy (non-hydrogen) atoms. The van der Waals surface area contributed by atoms with Crippen molar-refractivity contribution in [1.29, 1.82) is 0 Å². The summed E-state index contributed by atoms with van der Waals surface area (Å²) >= 11 is 0. The molecular formula is C16H23FN2O3. The van der Waals surface area contributed by atoms with Gasteiger partial charge in [0.25, 0.3) is 5.91 Å². The van der Waals surface area contributed by atoms with Crippen LogP contribution in [0.3, 0.4) is 0 Å². The number of carbonyl (C=O) groups is 1. The molecule has 0 bridgehead atoms. The minimum Gasteiger partial charge on any atom is -0.496 e. The maximum atomic E-state index is 13.5. The zero-order chi connectivity index (χ0) is 16.3. The minimum absolute atomic E-state index is 0.0976. The van der Waals surface area contributed by atoms with Crippen LogP contribution in [-0.4, -0.2) is 66.2 Å². The van der Waals surface area contributed by atoms with Gasteiger partial charge in [0.15, 0.2) is 0 Å². The molecule has 1 aromatic rings. The molecule has 2 rings (SSSR count). The predicted molar refractivity (Wildman–Crippen MR) is 81.6 cm³/mol. The van der Waals surface area contributed by atoms with Gasteiger partial charge in [-0.25, -0.2) is 4.39 Å². The molecule has 122 valence electrons. The average molecular weight is 310 g/mol. The molecule has 0 aliphatic carbocycles. The van der Waals surface area contributed by atoms with E-state index in [4.69, 9.17) is 9.84 Å². The summed E-state index contributed by atoms with van der Waals surface area (Å²) < 4.78 is 18.6. The lowest BCUT2D eigenvalue weighted by Gasteiger charge is -2.44. The Morgan fingerprint density at radius 2 is 2.00 bits per heavy atom. The highest BCUT2D eigenvalue weighted by molar-refractivity contribution is 5.97. The first-order valence-corrected chi connectivity index (χ1v) is 7.47. The van der Waals surface area contributed by atoms with Crippen LogP contribution >= 0.6 is 0 Å². The number of benzene rings is 1. The molecule has 1 fully saturated rings. The lowest BCUT2D eigenvalue weighted by molar-refractivity contribution is 0.0234. The third-order valence-corrected chi connectivity index (χ3v) is 4.14. The van der Waals surface area contributed by atoms with Gasteiger partial charge in [0.05, 0.1) is 19.3 Å². The van der Waals surface area contributed by atoms with E-state index < -0.39 is 5.82 Å². The van der Waals surface area contributed by atoms with Crippen molar-refractivity contribution in [2.24, 2.45) is 0 Å². The number of piperazine rings is 1. The van der Waals surface area contributed by atoms with Gasteiger partial charge in [-0.1, -0.05) is 0 Å². The Kier molecular flexibility index (Phi) is 5.37. The number of rotatable bonds is 4. The second-order valence-corrected chi connectivity index (χ2v) is 5.71. The van der Waals surface area contributed by atoms with Crippen LogP contribution in [0.1, 0.15) is 24.2 Å². The summed E-state index contributed by atoms with van der Waals surface area (Å²) in [4.78, 5) is 16.6. The molecule has 6 heteroatoms. The van der Waals surface area contributed by atoms with Gasteiger partial charge in [-0.2, -0.15) is 0 Å². The largest absolute Gasteiger partial charge is 0.496 e. The van der Waals surface area contributed by atoms with Crippen molar-refractivity contribution in [3.63, 3.8) is 0 Å². The van der Waals surface area contributed by atoms with Crippen LogP contribution in [0.2, 0.25) is 0 Å². The summed E-state index contributed by atoms with van der Waals surface area (Å²) in [7, 11) is 1.47. The lowest BCUT2D eigenvalue weighted by Crippen LogP contribution is -2.58. The highest BCUT2D eigenvalue weighted by Gasteiger charge is 2.32. The SMILES string of the molecule is COc1ccc(F)cc1C(=O)N1C[C@@H](C)N(CCO)[C@@H](C)C1. The van der Waals surface area contributed by atoms with Crippen LogP contribution in [0.15, 0.2) is 18.2 Å². The first-order chi connectivity index (χ1) is 10.5. The second kappa shape index (κ2) is 7.07. The molecular weight excluding hydrogens is 287 g/mol. The van der Waals surface area contributed by atoms with Crippen molar-refractivity contribution < 1.29 is 19.0 Å². The van der Waals surface area contributed by atoms with E-state index in [-0.39, 0.29) is 30.2 Å². The van der Waals surface area contributed by atoms with Gasteiger partial charge >= 0.3 is 0 Å². The van der Waals surface area contributed by atoms with E-state index in [1.54, 1.807) is 4.90 Å². The molecule has 1 aliphatic heterocycles. The van der Waals surface area contributed by atoms with Gasteiger partial charge in [-0.15, -0.1) is 0 Å². The van der Waals surface area contributed by atoms with Crippen molar-refractivity contribution >= 4 is 5.91 Å². The second-order valence-electron chi connectivity index (χ2n) is 5.71. The summed E-state index contributed by atoms with van der Waals surface area (Å²) in [6.45, 7) is 5.82. The molecule has 0 saturated carbocycles. The molecule has 0 spiro atoms. The number of hydrogen-bond acceptors (Lipinski definition) is 4. The molecule has 0 aromatic heterocycles. The van der Waals surface area contributed by atoms with Gasteiger partial charge < -0.3 is 14.7 Å². The van der Waals surface area contributed by atoms with Gasteiger partial charge in [0.1, 0.15) is 11.6 Å². The van der Waals surface area contributed by atoms with Crippen LogP contribution in [0, 0.1) is 5.82 Å².